The molecule has 0 saturated heterocycles. The van der Waals surface area contributed by atoms with E-state index < -0.39 is 17.5 Å². The van der Waals surface area contributed by atoms with Crippen LogP contribution in [-0.4, -0.2) is 5.91 Å². The molecule has 5 heteroatoms. The highest BCUT2D eigenvalue weighted by molar-refractivity contribution is 5.91. The van der Waals surface area contributed by atoms with Crippen LogP contribution < -0.4 is 5.32 Å². The Balaban J connectivity index is 2.00. The van der Waals surface area contributed by atoms with Crippen molar-refractivity contribution in [3.8, 4) is 0 Å². The number of nitrogens with one attached hydrogen (secondary N) is 1. The molecular formula is C13H14F3NO. The highest BCUT2D eigenvalue weighted by Gasteiger charge is 2.20. The molecule has 98 valence electrons. The van der Waals surface area contributed by atoms with Crippen LogP contribution in [0.25, 0.3) is 0 Å². The van der Waals surface area contributed by atoms with Gasteiger partial charge in [-0.15, -0.1) is 0 Å². The van der Waals surface area contributed by atoms with Crippen LogP contribution in [0.4, 0.5) is 18.9 Å². The van der Waals surface area contributed by atoms with E-state index in [-0.39, 0.29) is 11.6 Å². The smallest absolute Gasteiger partial charge is 0.224 e. The van der Waals surface area contributed by atoms with Crippen LogP contribution in [0.3, 0.4) is 0 Å². The zero-order valence-electron chi connectivity index (χ0n) is 9.81. The van der Waals surface area contributed by atoms with Gasteiger partial charge in [0.1, 0.15) is 0 Å². The van der Waals surface area contributed by atoms with Gasteiger partial charge in [0, 0.05) is 6.42 Å². The first-order valence-corrected chi connectivity index (χ1v) is 6.01. The molecule has 1 aliphatic carbocycles. The first kappa shape index (κ1) is 12.9. The standard InChI is InChI=1S/C13H14F3NO/c14-9-5-6-10(13(16)12(9)15)17-11(18)7-8-3-1-2-4-8/h5-6,8H,1-4,7H2,(H,17,18). The lowest BCUT2D eigenvalue weighted by Gasteiger charge is -2.10. The maximum Gasteiger partial charge on any atom is 0.224 e. The molecule has 0 aliphatic heterocycles. The lowest BCUT2D eigenvalue weighted by atomic mass is 10.0. The van der Waals surface area contributed by atoms with Crippen molar-refractivity contribution in [2.45, 2.75) is 32.1 Å². The number of carbonyl (C=O) groups excluding carboxylic acids is 1. The summed E-state index contributed by atoms with van der Waals surface area (Å²) in [5.74, 6) is -4.21. The van der Waals surface area contributed by atoms with Crippen LogP contribution in [0.5, 0.6) is 0 Å². The number of hydrogen-bond acceptors (Lipinski definition) is 1. The molecule has 1 saturated carbocycles. The third-order valence-electron chi connectivity index (χ3n) is 3.26. The predicted molar refractivity (Wildman–Crippen MR) is 61.5 cm³/mol. The minimum absolute atomic E-state index is 0.304. The predicted octanol–water partition coefficient (Wildman–Crippen LogP) is 3.62. The number of anilines is 1. The molecule has 0 bridgehead atoms. The monoisotopic (exact) mass is 257 g/mol. The normalized spacial score (nSPS) is 15.9. The summed E-state index contributed by atoms with van der Waals surface area (Å²) in [4.78, 5) is 11.6. The highest BCUT2D eigenvalue weighted by atomic mass is 19.2. The zero-order valence-corrected chi connectivity index (χ0v) is 9.81. The molecule has 0 unspecified atom stereocenters. The van der Waals surface area contributed by atoms with Crippen LogP contribution >= 0.6 is 0 Å². The maximum atomic E-state index is 13.3. The molecule has 1 amide bonds. The van der Waals surface area contributed by atoms with Crippen molar-refractivity contribution in [3.63, 3.8) is 0 Å². The van der Waals surface area contributed by atoms with Crippen LogP contribution in [0.2, 0.25) is 0 Å². The Morgan fingerprint density at radius 1 is 1.17 bits per heavy atom. The molecule has 0 spiro atoms. The largest absolute Gasteiger partial charge is 0.323 e. The number of rotatable bonds is 3. The highest BCUT2D eigenvalue weighted by Crippen LogP contribution is 2.28. The number of amides is 1. The number of hydrogen-bond donors (Lipinski definition) is 1. The molecule has 1 aromatic carbocycles. The maximum absolute atomic E-state index is 13.3. The number of carbonyl (C=O) groups is 1. The van der Waals surface area contributed by atoms with E-state index in [1.807, 2.05) is 0 Å². The van der Waals surface area contributed by atoms with Crippen molar-refractivity contribution in [3.05, 3.63) is 29.6 Å². The topological polar surface area (TPSA) is 29.1 Å². The summed E-state index contributed by atoms with van der Waals surface area (Å²) in [6.45, 7) is 0. The Kier molecular flexibility index (Phi) is 3.89. The second-order valence-corrected chi connectivity index (χ2v) is 4.63. The Labute approximate surface area is 103 Å². The summed E-state index contributed by atoms with van der Waals surface area (Å²) in [5, 5.41) is 2.28. The van der Waals surface area contributed by atoms with Gasteiger partial charge in [0.15, 0.2) is 17.5 Å². The van der Waals surface area contributed by atoms with Gasteiger partial charge in [-0.25, -0.2) is 13.2 Å². The van der Waals surface area contributed by atoms with Crippen molar-refractivity contribution in [1.29, 1.82) is 0 Å². The molecule has 0 heterocycles. The summed E-state index contributed by atoms with van der Waals surface area (Å²) in [5.41, 5.74) is -0.308. The van der Waals surface area contributed by atoms with Crippen LogP contribution in [-0.2, 0) is 4.79 Å². The summed E-state index contributed by atoms with van der Waals surface area (Å²) in [6, 6.07) is 1.82. The van der Waals surface area contributed by atoms with E-state index in [1.54, 1.807) is 0 Å². The van der Waals surface area contributed by atoms with E-state index in [4.69, 9.17) is 0 Å². The average molecular weight is 257 g/mol. The molecule has 0 atom stereocenters. The Morgan fingerprint density at radius 2 is 1.83 bits per heavy atom. The molecular weight excluding hydrogens is 243 g/mol. The summed E-state index contributed by atoms with van der Waals surface area (Å²) in [7, 11) is 0. The van der Waals surface area contributed by atoms with Crippen molar-refractivity contribution < 1.29 is 18.0 Å². The molecule has 1 fully saturated rings. The van der Waals surface area contributed by atoms with Gasteiger partial charge in [-0.3, -0.25) is 4.79 Å². The Morgan fingerprint density at radius 3 is 2.50 bits per heavy atom. The minimum atomic E-state index is -1.56. The van der Waals surface area contributed by atoms with Gasteiger partial charge in [-0.2, -0.15) is 0 Å². The summed E-state index contributed by atoms with van der Waals surface area (Å²) < 4.78 is 38.9. The Hall–Kier alpha value is -1.52. The van der Waals surface area contributed by atoms with Gasteiger partial charge in [0.25, 0.3) is 0 Å². The van der Waals surface area contributed by atoms with E-state index in [0.717, 1.165) is 37.8 Å². The van der Waals surface area contributed by atoms with Gasteiger partial charge in [0.2, 0.25) is 5.91 Å². The molecule has 1 aromatic rings. The first-order chi connectivity index (χ1) is 8.58. The second-order valence-electron chi connectivity index (χ2n) is 4.63. The van der Waals surface area contributed by atoms with E-state index in [2.05, 4.69) is 5.32 Å². The van der Waals surface area contributed by atoms with E-state index >= 15 is 0 Å². The van der Waals surface area contributed by atoms with E-state index in [1.165, 1.54) is 0 Å². The average Bonchev–Trinajstić information content (AvgIpc) is 2.83. The van der Waals surface area contributed by atoms with Gasteiger partial charge >= 0.3 is 0 Å². The van der Waals surface area contributed by atoms with Crippen molar-refractivity contribution in [1.82, 2.24) is 0 Å². The second kappa shape index (κ2) is 5.42. The fraction of sp³-hybridized carbons (Fsp3) is 0.462. The van der Waals surface area contributed by atoms with Crippen molar-refractivity contribution in [2.24, 2.45) is 5.92 Å². The first-order valence-electron chi connectivity index (χ1n) is 6.01. The molecule has 0 aromatic heterocycles. The molecule has 18 heavy (non-hydrogen) atoms. The van der Waals surface area contributed by atoms with Gasteiger partial charge < -0.3 is 5.32 Å². The van der Waals surface area contributed by atoms with E-state index in [0.29, 0.717) is 12.3 Å². The summed E-state index contributed by atoms with van der Waals surface area (Å²) >= 11 is 0. The van der Waals surface area contributed by atoms with Crippen LogP contribution in [0, 0.1) is 23.4 Å². The van der Waals surface area contributed by atoms with Crippen molar-refractivity contribution >= 4 is 11.6 Å². The number of benzene rings is 1. The molecule has 1 N–H and O–H groups in total. The van der Waals surface area contributed by atoms with Crippen LogP contribution in [0.1, 0.15) is 32.1 Å². The quantitative estimate of drug-likeness (QED) is 0.823. The fourth-order valence-corrected chi connectivity index (χ4v) is 2.30. The van der Waals surface area contributed by atoms with Crippen LogP contribution in [0.15, 0.2) is 12.1 Å². The molecule has 1 aliphatic rings. The van der Waals surface area contributed by atoms with Gasteiger partial charge in [-0.1, -0.05) is 12.8 Å². The lowest BCUT2D eigenvalue weighted by molar-refractivity contribution is -0.117. The Bertz CT molecular complexity index is 456. The third kappa shape index (κ3) is 2.83. The van der Waals surface area contributed by atoms with Gasteiger partial charge in [0.05, 0.1) is 5.69 Å². The van der Waals surface area contributed by atoms with Crippen molar-refractivity contribution in [2.75, 3.05) is 5.32 Å². The summed E-state index contributed by atoms with van der Waals surface area (Å²) in [6.07, 6.45) is 4.51. The fourth-order valence-electron chi connectivity index (χ4n) is 2.30. The minimum Gasteiger partial charge on any atom is -0.323 e. The molecule has 0 radical (unpaired) electrons. The van der Waals surface area contributed by atoms with Gasteiger partial charge in [-0.05, 0) is 30.9 Å². The zero-order chi connectivity index (χ0) is 13.1. The number of halogens is 3. The van der Waals surface area contributed by atoms with E-state index in [9.17, 15) is 18.0 Å². The SMILES string of the molecule is O=C(CC1CCCC1)Nc1ccc(F)c(F)c1F. The lowest BCUT2D eigenvalue weighted by Crippen LogP contribution is -2.16. The molecule has 2 rings (SSSR count). The third-order valence-corrected chi connectivity index (χ3v) is 3.26. The molecule has 2 nitrogen and oxygen atoms in total.